The van der Waals surface area contributed by atoms with Crippen molar-refractivity contribution < 1.29 is 13.2 Å². The SMILES string of the molecule is CCCNS(=O)(=O)c1ccc(C(=O)NCCC(C)C)cc1. The maximum Gasteiger partial charge on any atom is 0.251 e. The van der Waals surface area contributed by atoms with Crippen molar-refractivity contribution in [3.63, 3.8) is 0 Å². The molecule has 0 atom stereocenters. The highest BCUT2D eigenvalue weighted by atomic mass is 32.2. The van der Waals surface area contributed by atoms with Crippen molar-refractivity contribution in [1.29, 1.82) is 0 Å². The van der Waals surface area contributed by atoms with Gasteiger partial charge in [0.25, 0.3) is 5.91 Å². The van der Waals surface area contributed by atoms with Crippen molar-refractivity contribution in [3.8, 4) is 0 Å². The van der Waals surface area contributed by atoms with Gasteiger partial charge in [0.05, 0.1) is 4.90 Å². The Hall–Kier alpha value is -1.40. The summed E-state index contributed by atoms with van der Waals surface area (Å²) in [5.41, 5.74) is 0.466. The first-order valence-corrected chi connectivity index (χ1v) is 8.73. The predicted octanol–water partition coefficient (Wildman–Crippen LogP) is 2.15. The van der Waals surface area contributed by atoms with E-state index in [0.717, 1.165) is 12.8 Å². The molecule has 0 radical (unpaired) electrons. The smallest absolute Gasteiger partial charge is 0.251 e. The maximum atomic E-state index is 11.9. The van der Waals surface area contributed by atoms with E-state index in [1.54, 1.807) is 0 Å². The van der Waals surface area contributed by atoms with Crippen LogP contribution in [0.15, 0.2) is 29.2 Å². The third kappa shape index (κ3) is 5.85. The lowest BCUT2D eigenvalue weighted by Gasteiger charge is -2.08. The van der Waals surface area contributed by atoms with Gasteiger partial charge in [-0.3, -0.25) is 4.79 Å². The molecule has 2 N–H and O–H groups in total. The summed E-state index contributed by atoms with van der Waals surface area (Å²) in [6.07, 6.45) is 1.65. The van der Waals surface area contributed by atoms with Gasteiger partial charge in [-0.05, 0) is 43.0 Å². The van der Waals surface area contributed by atoms with Crippen LogP contribution in [0.1, 0.15) is 44.0 Å². The predicted molar refractivity (Wildman–Crippen MR) is 83.7 cm³/mol. The Morgan fingerprint density at radius 1 is 1.14 bits per heavy atom. The lowest BCUT2D eigenvalue weighted by molar-refractivity contribution is 0.0952. The minimum absolute atomic E-state index is 0.176. The van der Waals surface area contributed by atoms with E-state index in [1.165, 1.54) is 24.3 Å². The van der Waals surface area contributed by atoms with E-state index in [9.17, 15) is 13.2 Å². The summed E-state index contributed by atoms with van der Waals surface area (Å²) in [6, 6.07) is 5.97. The van der Waals surface area contributed by atoms with E-state index >= 15 is 0 Å². The molecule has 0 spiro atoms. The summed E-state index contributed by atoms with van der Waals surface area (Å²) in [5.74, 6) is 0.351. The molecule has 0 saturated heterocycles. The summed E-state index contributed by atoms with van der Waals surface area (Å²) >= 11 is 0. The third-order valence-electron chi connectivity index (χ3n) is 2.98. The number of rotatable bonds is 8. The van der Waals surface area contributed by atoms with Crippen LogP contribution in [0, 0.1) is 5.92 Å². The van der Waals surface area contributed by atoms with E-state index in [-0.39, 0.29) is 10.8 Å². The van der Waals surface area contributed by atoms with E-state index in [4.69, 9.17) is 0 Å². The maximum absolute atomic E-state index is 11.9. The van der Waals surface area contributed by atoms with Crippen molar-refractivity contribution in [2.75, 3.05) is 13.1 Å². The molecular formula is C15H24N2O3S. The monoisotopic (exact) mass is 312 g/mol. The molecule has 0 bridgehead atoms. The van der Waals surface area contributed by atoms with Crippen LogP contribution in [0.25, 0.3) is 0 Å². The Morgan fingerprint density at radius 3 is 2.29 bits per heavy atom. The zero-order chi connectivity index (χ0) is 15.9. The molecule has 118 valence electrons. The van der Waals surface area contributed by atoms with Crippen LogP contribution in [-0.2, 0) is 10.0 Å². The van der Waals surface area contributed by atoms with Crippen molar-refractivity contribution in [2.45, 2.75) is 38.5 Å². The first kappa shape index (κ1) is 17.7. The molecule has 0 unspecified atom stereocenters. The van der Waals surface area contributed by atoms with E-state index in [2.05, 4.69) is 23.9 Å². The summed E-state index contributed by atoms with van der Waals surface area (Å²) in [4.78, 5) is 12.1. The zero-order valence-corrected chi connectivity index (χ0v) is 13.7. The zero-order valence-electron chi connectivity index (χ0n) is 12.8. The molecule has 6 heteroatoms. The molecule has 1 rings (SSSR count). The second kappa shape index (κ2) is 8.14. The fraction of sp³-hybridized carbons (Fsp3) is 0.533. The molecule has 0 aliphatic heterocycles. The molecular weight excluding hydrogens is 288 g/mol. The molecule has 1 aromatic rings. The van der Waals surface area contributed by atoms with Crippen LogP contribution < -0.4 is 10.0 Å². The number of carbonyl (C=O) groups excluding carboxylic acids is 1. The van der Waals surface area contributed by atoms with Crippen molar-refractivity contribution in [1.82, 2.24) is 10.0 Å². The molecule has 0 fully saturated rings. The van der Waals surface area contributed by atoms with E-state index < -0.39 is 10.0 Å². The van der Waals surface area contributed by atoms with Crippen molar-refractivity contribution in [2.24, 2.45) is 5.92 Å². The van der Waals surface area contributed by atoms with Gasteiger partial charge in [0.15, 0.2) is 0 Å². The van der Waals surface area contributed by atoms with E-state index in [1.807, 2.05) is 6.92 Å². The highest BCUT2D eigenvalue weighted by molar-refractivity contribution is 7.89. The number of nitrogens with one attached hydrogen (secondary N) is 2. The Kier molecular flexibility index (Phi) is 6.84. The summed E-state index contributed by atoms with van der Waals surface area (Å²) in [5, 5.41) is 2.82. The molecule has 0 aromatic heterocycles. The average molecular weight is 312 g/mol. The Morgan fingerprint density at radius 2 is 1.76 bits per heavy atom. The summed E-state index contributed by atoms with van der Waals surface area (Å²) in [7, 11) is -3.47. The molecule has 21 heavy (non-hydrogen) atoms. The van der Waals surface area contributed by atoms with Gasteiger partial charge in [0, 0.05) is 18.7 Å². The molecule has 0 aliphatic carbocycles. The molecule has 1 amide bonds. The van der Waals surface area contributed by atoms with Crippen LogP contribution in [0.3, 0.4) is 0 Å². The van der Waals surface area contributed by atoms with Crippen LogP contribution in [0.4, 0.5) is 0 Å². The Labute approximate surface area is 127 Å². The number of hydrogen-bond donors (Lipinski definition) is 2. The minimum atomic E-state index is -3.47. The standard InChI is InChI=1S/C15H24N2O3S/c1-4-10-17-21(19,20)14-7-5-13(6-8-14)15(18)16-11-9-12(2)3/h5-8,12,17H,4,9-11H2,1-3H3,(H,16,18). The fourth-order valence-electron chi connectivity index (χ4n) is 1.68. The van der Waals surface area contributed by atoms with Gasteiger partial charge in [0.1, 0.15) is 0 Å². The molecule has 0 heterocycles. The fourth-order valence-corrected chi connectivity index (χ4v) is 2.82. The van der Waals surface area contributed by atoms with Crippen LogP contribution in [-0.4, -0.2) is 27.4 Å². The first-order chi connectivity index (χ1) is 9.86. The highest BCUT2D eigenvalue weighted by Crippen LogP contribution is 2.10. The minimum Gasteiger partial charge on any atom is -0.352 e. The number of benzene rings is 1. The molecule has 0 saturated carbocycles. The van der Waals surface area contributed by atoms with Crippen molar-refractivity contribution >= 4 is 15.9 Å². The normalized spacial score (nSPS) is 11.6. The lowest BCUT2D eigenvalue weighted by atomic mass is 10.1. The van der Waals surface area contributed by atoms with E-state index in [0.29, 0.717) is 24.6 Å². The molecule has 5 nitrogen and oxygen atoms in total. The van der Waals surface area contributed by atoms with Gasteiger partial charge < -0.3 is 5.32 Å². The Balaban J connectivity index is 2.67. The van der Waals surface area contributed by atoms with Gasteiger partial charge >= 0.3 is 0 Å². The average Bonchev–Trinajstić information content (AvgIpc) is 2.45. The topological polar surface area (TPSA) is 75.3 Å². The van der Waals surface area contributed by atoms with Crippen LogP contribution in [0.2, 0.25) is 0 Å². The summed E-state index contributed by atoms with van der Waals surface area (Å²) < 4.78 is 26.3. The lowest BCUT2D eigenvalue weighted by Crippen LogP contribution is -2.26. The Bertz CT molecular complexity index is 551. The van der Waals surface area contributed by atoms with Gasteiger partial charge in [-0.25, -0.2) is 13.1 Å². The second-order valence-electron chi connectivity index (χ2n) is 5.36. The van der Waals surface area contributed by atoms with Gasteiger partial charge in [-0.1, -0.05) is 20.8 Å². The van der Waals surface area contributed by atoms with Gasteiger partial charge in [-0.2, -0.15) is 0 Å². The number of hydrogen-bond acceptors (Lipinski definition) is 3. The largest absolute Gasteiger partial charge is 0.352 e. The van der Waals surface area contributed by atoms with Gasteiger partial charge in [-0.15, -0.1) is 0 Å². The first-order valence-electron chi connectivity index (χ1n) is 7.24. The van der Waals surface area contributed by atoms with Crippen LogP contribution in [0.5, 0.6) is 0 Å². The summed E-state index contributed by atoms with van der Waals surface area (Å²) in [6.45, 7) is 7.10. The third-order valence-corrected chi connectivity index (χ3v) is 4.45. The molecule has 1 aromatic carbocycles. The number of carbonyl (C=O) groups is 1. The highest BCUT2D eigenvalue weighted by Gasteiger charge is 2.13. The second-order valence-corrected chi connectivity index (χ2v) is 7.13. The number of sulfonamides is 1. The number of amides is 1. The molecule has 0 aliphatic rings. The quantitative estimate of drug-likeness (QED) is 0.772. The van der Waals surface area contributed by atoms with Gasteiger partial charge in [0.2, 0.25) is 10.0 Å². The van der Waals surface area contributed by atoms with Crippen LogP contribution >= 0.6 is 0 Å². The van der Waals surface area contributed by atoms with Crippen molar-refractivity contribution in [3.05, 3.63) is 29.8 Å².